The van der Waals surface area contributed by atoms with Gasteiger partial charge in [-0.3, -0.25) is 0 Å². The van der Waals surface area contributed by atoms with Crippen LogP contribution in [0, 0.1) is 0 Å². The Morgan fingerprint density at radius 2 is 1.26 bits per heavy atom. The summed E-state index contributed by atoms with van der Waals surface area (Å²) in [5, 5.41) is 4.58. The minimum absolute atomic E-state index is 0.0845. The third-order valence-electron chi connectivity index (χ3n) is 1.57. The van der Waals surface area contributed by atoms with Crippen LogP contribution in [0.3, 0.4) is 0 Å². The fourth-order valence-electron chi connectivity index (χ4n) is 0.822. The monoisotopic (exact) mass is 274 g/mol. The standard InChI is InChI=1S/C11H18N2O6/c1-3-16-5-7-18-10(14)12-9-13-11(15)19-8-6-17-4-2/h3-4H,1-2,5-9H2,(H,12,14)(H,13,15). The van der Waals surface area contributed by atoms with Crippen molar-refractivity contribution in [1.29, 1.82) is 0 Å². The highest BCUT2D eigenvalue weighted by atomic mass is 16.6. The average molecular weight is 274 g/mol. The highest BCUT2D eigenvalue weighted by Crippen LogP contribution is 1.81. The third-order valence-corrected chi connectivity index (χ3v) is 1.57. The van der Waals surface area contributed by atoms with E-state index in [9.17, 15) is 9.59 Å². The Labute approximate surface area is 111 Å². The lowest BCUT2D eigenvalue weighted by molar-refractivity contribution is 0.106. The molecule has 0 fully saturated rings. The normalized spacial score (nSPS) is 8.84. The predicted molar refractivity (Wildman–Crippen MR) is 66.1 cm³/mol. The lowest BCUT2D eigenvalue weighted by atomic mass is 10.7. The SMILES string of the molecule is C=COCCOC(=O)NCNC(=O)OCCOC=C. The van der Waals surface area contributed by atoms with Gasteiger partial charge < -0.3 is 29.6 Å². The summed E-state index contributed by atoms with van der Waals surface area (Å²) in [4.78, 5) is 22.1. The first-order chi connectivity index (χ1) is 9.20. The van der Waals surface area contributed by atoms with Crippen molar-refractivity contribution in [3.8, 4) is 0 Å². The number of hydrogen-bond acceptors (Lipinski definition) is 6. The second-order valence-electron chi connectivity index (χ2n) is 2.88. The first-order valence-electron chi connectivity index (χ1n) is 5.47. The van der Waals surface area contributed by atoms with E-state index in [0.29, 0.717) is 0 Å². The summed E-state index contributed by atoms with van der Waals surface area (Å²) in [5.74, 6) is 0. The van der Waals surface area contributed by atoms with E-state index in [1.165, 1.54) is 12.5 Å². The number of alkyl carbamates (subject to hydrolysis) is 2. The van der Waals surface area contributed by atoms with Gasteiger partial charge in [0, 0.05) is 0 Å². The van der Waals surface area contributed by atoms with Crippen LogP contribution in [-0.4, -0.2) is 45.3 Å². The van der Waals surface area contributed by atoms with Crippen molar-refractivity contribution in [3.63, 3.8) is 0 Å². The summed E-state index contributed by atoms with van der Waals surface area (Å²) in [6.45, 7) is 7.15. The van der Waals surface area contributed by atoms with Crippen LogP contribution in [0.4, 0.5) is 9.59 Å². The molecule has 0 aliphatic rings. The summed E-state index contributed by atoms with van der Waals surface area (Å²) in [6.07, 6.45) is 1.13. The van der Waals surface area contributed by atoms with Crippen LogP contribution < -0.4 is 10.6 Å². The molecule has 0 aliphatic carbocycles. The van der Waals surface area contributed by atoms with Gasteiger partial charge in [-0.05, 0) is 0 Å². The van der Waals surface area contributed by atoms with Crippen molar-refractivity contribution in [1.82, 2.24) is 10.6 Å². The molecule has 0 aromatic heterocycles. The Bertz CT molecular complexity index is 267. The number of rotatable bonds is 10. The van der Waals surface area contributed by atoms with E-state index in [0.717, 1.165) is 0 Å². The van der Waals surface area contributed by atoms with Crippen molar-refractivity contribution in [3.05, 3.63) is 25.7 Å². The summed E-state index contributed by atoms with van der Waals surface area (Å²) in [5.41, 5.74) is 0. The van der Waals surface area contributed by atoms with E-state index >= 15 is 0 Å². The number of nitrogens with one attached hydrogen (secondary N) is 2. The lowest BCUT2D eigenvalue weighted by Crippen LogP contribution is -2.38. The summed E-state index contributed by atoms with van der Waals surface area (Å²) in [7, 11) is 0. The van der Waals surface area contributed by atoms with Crippen molar-refractivity contribution < 1.29 is 28.5 Å². The quantitative estimate of drug-likeness (QED) is 0.346. The van der Waals surface area contributed by atoms with Gasteiger partial charge in [0.2, 0.25) is 0 Å². The Kier molecular flexibility index (Phi) is 10.6. The second kappa shape index (κ2) is 12.1. The molecule has 0 bridgehead atoms. The van der Waals surface area contributed by atoms with Crippen LogP contribution in [0.1, 0.15) is 0 Å². The van der Waals surface area contributed by atoms with Gasteiger partial charge in [0.05, 0.1) is 19.2 Å². The molecule has 19 heavy (non-hydrogen) atoms. The maximum absolute atomic E-state index is 11.0. The van der Waals surface area contributed by atoms with Crippen LogP contribution in [0.2, 0.25) is 0 Å². The molecule has 0 rings (SSSR count). The molecule has 0 aromatic carbocycles. The molecule has 0 unspecified atom stereocenters. The van der Waals surface area contributed by atoms with Crippen molar-refractivity contribution in [2.45, 2.75) is 0 Å². The third kappa shape index (κ3) is 11.9. The van der Waals surface area contributed by atoms with Gasteiger partial charge in [-0.2, -0.15) is 0 Å². The van der Waals surface area contributed by atoms with Crippen molar-refractivity contribution in [2.75, 3.05) is 33.1 Å². The lowest BCUT2D eigenvalue weighted by Gasteiger charge is -2.08. The molecule has 2 amide bonds. The molecule has 8 nitrogen and oxygen atoms in total. The minimum Gasteiger partial charge on any atom is -0.498 e. The van der Waals surface area contributed by atoms with Crippen molar-refractivity contribution >= 4 is 12.2 Å². The van der Waals surface area contributed by atoms with Gasteiger partial charge in [0.15, 0.2) is 0 Å². The van der Waals surface area contributed by atoms with Gasteiger partial charge in [-0.15, -0.1) is 0 Å². The van der Waals surface area contributed by atoms with E-state index < -0.39 is 12.2 Å². The smallest absolute Gasteiger partial charge is 0.408 e. The van der Waals surface area contributed by atoms with E-state index in [-0.39, 0.29) is 33.1 Å². The summed E-state index contributed by atoms with van der Waals surface area (Å²) in [6, 6.07) is 0. The van der Waals surface area contributed by atoms with Crippen molar-refractivity contribution in [2.24, 2.45) is 0 Å². The minimum atomic E-state index is -0.678. The Morgan fingerprint density at radius 3 is 1.63 bits per heavy atom. The summed E-state index contributed by atoms with van der Waals surface area (Å²) < 4.78 is 18.9. The fraction of sp³-hybridized carbons (Fsp3) is 0.455. The zero-order valence-corrected chi connectivity index (χ0v) is 10.6. The zero-order chi connectivity index (χ0) is 14.3. The largest absolute Gasteiger partial charge is 0.498 e. The van der Waals surface area contributed by atoms with E-state index in [1.54, 1.807) is 0 Å². The molecule has 0 heterocycles. The molecule has 0 radical (unpaired) electrons. The van der Waals surface area contributed by atoms with Crippen LogP contribution >= 0.6 is 0 Å². The number of carbonyl (C=O) groups is 2. The molecule has 2 N–H and O–H groups in total. The first kappa shape index (κ1) is 16.6. The van der Waals surface area contributed by atoms with Crippen LogP contribution in [0.5, 0.6) is 0 Å². The molecule has 0 atom stereocenters. The van der Waals surface area contributed by atoms with E-state index in [1.807, 2.05) is 0 Å². The van der Waals surface area contributed by atoms with Gasteiger partial charge >= 0.3 is 12.2 Å². The van der Waals surface area contributed by atoms with E-state index in [2.05, 4.69) is 23.8 Å². The first-order valence-corrected chi connectivity index (χ1v) is 5.47. The Morgan fingerprint density at radius 1 is 0.842 bits per heavy atom. The molecule has 0 saturated carbocycles. The van der Waals surface area contributed by atoms with Gasteiger partial charge in [-0.1, -0.05) is 13.2 Å². The molecular formula is C11H18N2O6. The Balaban J connectivity index is 3.40. The molecular weight excluding hydrogens is 256 g/mol. The maximum Gasteiger partial charge on any atom is 0.408 e. The van der Waals surface area contributed by atoms with Crippen LogP contribution in [0.25, 0.3) is 0 Å². The molecule has 108 valence electrons. The summed E-state index contributed by atoms with van der Waals surface area (Å²) >= 11 is 0. The molecule has 8 heteroatoms. The average Bonchev–Trinajstić information content (AvgIpc) is 2.40. The second-order valence-corrected chi connectivity index (χ2v) is 2.88. The highest BCUT2D eigenvalue weighted by Gasteiger charge is 2.03. The maximum atomic E-state index is 11.0. The van der Waals surface area contributed by atoms with Crippen LogP contribution in [0.15, 0.2) is 25.7 Å². The molecule has 0 aliphatic heterocycles. The van der Waals surface area contributed by atoms with Gasteiger partial charge in [-0.25, -0.2) is 9.59 Å². The van der Waals surface area contributed by atoms with Gasteiger partial charge in [0.1, 0.15) is 26.4 Å². The number of ether oxygens (including phenoxy) is 4. The molecule has 0 aromatic rings. The highest BCUT2D eigenvalue weighted by molar-refractivity contribution is 5.70. The fourth-order valence-corrected chi connectivity index (χ4v) is 0.822. The predicted octanol–water partition coefficient (Wildman–Crippen LogP) is 0.716. The Hall–Kier alpha value is -2.38. The number of amides is 2. The van der Waals surface area contributed by atoms with E-state index in [4.69, 9.17) is 18.9 Å². The number of carbonyl (C=O) groups excluding carboxylic acids is 2. The zero-order valence-electron chi connectivity index (χ0n) is 10.6. The molecule has 0 spiro atoms. The topological polar surface area (TPSA) is 95.1 Å². The molecule has 0 saturated heterocycles. The van der Waals surface area contributed by atoms with Crippen LogP contribution in [-0.2, 0) is 18.9 Å². The van der Waals surface area contributed by atoms with Gasteiger partial charge in [0.25, 0.3) is 0 Å². The number of hydrogen-bond donors (Lipinski definition) is 2.